The van der Waals surface area contributed by atoms with E-state index >= 15 is 0 Å². The van der Waals surface area contributed by atoms with E-state index in [1.165, 1.54) is 0 Å². The van der Waals surface area contributed by atoms with E-state index in [0.29, 0.717) is 28.8 Å². The Labute approximate surface area is 188 Å². The topological polar surface area (TPSA) is 66.5 Å². The van der Waals surface area contributed by atoms with E-state index in [-0.39, 0.29) is 25.6 Å². The van der Waals surface area contributed by atoms with E-state index in [9.17, 15) is 27.6 Å². The molecular weight excluding hydrogens is 456 g/mol. The number of amides is 2. The number of carbonyl (C=O) groups excluding carboxylic acids is 3. The normalized spacial score (nSPS) is 24.5. The van der Waals surface area contributed by atoms with Gasteiger partial charge in [0.2, 0.25) is 11.7 Å². The van der Waals surface area contributed by atoms with Gasteiger partial charge >= 0.3 is 6.18 Å². The van der Waals surface area contributed by atoms with Crippen molar-refractivity contribution in [3.63, 3.8) is 0 Å². The molecule has 10 heteroatoms. The number of rotatable bonds is 6. The van der Waals surface area contributed by atoms with Gasteiger partial charge in [0.05, 0.1) is 10.0 Å². The summed E-state index contributed by atoms with van der Waals surface area (Å²) in [5, 5.41) is 3.83. The van der Waals surface area contributed by atoms with Gasteiger partial charge in [-0.2, -0.15) is 13.2 Å². The maximum atomic E-state index is 12.6. The van der Waals surface area contributed by atoms with Crippen molar-refractivity contribution in [2.24, 2.45) is 5.92 Å². The van der Waals surface area contributed by atoms with Gasteiger partial charge in [0.15, 0.2) is 0 Å². The van der Waals surface area contributed by atoms with Crippen LogP contribution in [-0.2, 0) is 14.4 Å². The zero-order chi connectivity index (χ0) is 22.8. The fourth-order valence-corrected chi connectivity index (χ4v) is 4.50. The third-order valence-electron chi connectivity index (χ3n) is 5.91. The highest BCUT2D eigenvalue weighted by Gasteiger charge is 2.43. The average Bonchev–Trinajstić information content (AvgIpc) is 2.98. The molecule has 1 unspecified atom stereocenters. The third-order valence-corrected chi connectivity index (χ3v) is 6.65. The van der Waals surface area contributed by atoms with Crippen molar-refractivity contribution in [2.75, 3.05) is 13.1 Å². The molecule has 0 aromatic heterocycles. The standard InChI is InChI=1S/C21H23Cl2F3N2O3/c22-16-7-4-13(10-17(16)23)12-2-5-14(6-3-12)27-19(30)15-11-28(20(31)18(15)29)9-1-8-21(24,25)26/h4,7,10,12,14-15H,1-3,5-6,8-9,11H2,(H,27,30). The monoisotopic (exact) mass is 478 g/mol. The second-order valence-electron chi connectivity index (χ2n) is 8.12. The zero-order valence-corrected chi connectivity index (χ0v) is 18.2. The molecular formula is C21H23Cl2F3N2O3. The van der Waals surface area contributed by atoms with Crippen LogP contribution in [0.2, 0.25) is 10.0 Å². The molecule has 1 saturated heterocycles. The van der Waals surface area contributed by atoms with Crippen LogP contribution in [0.25, 0.3) is 0 Å². The second kappa shape index (κ2) is 9.77. The predicted octanol–water partition coefficient (Wildman–Crippen LogP) is 4.51. The van der Waals surface area contributed by atoms with Gasteiger partial charge in [-0.25, -0.2) is 0 Å². The molecule has 0 bridgehead atoms. The van der Waals surface area contributed by atoms with Crippen LogP contribution in [0.15, 0.2) is 18.2 Å². The van der Waals surface area contributed by atoms with E-state index < -0.39 is 36.1 Å². The van der Waals surface area contributed by atoms with Gasteiger partial charge in [0, 0.05) is 25.6 Å². The highest BCUT2D eigenvalue weighted by Crippen LogP contribution is 2.35. The first-order chi connectivity index (χ1) is 14.5. The number of nitrogens with zero attached hydrogens (tertiary/aromatic N) is 1. The number of hydrogen-bond donors (Lipinski definition) is 1. The average molecular weight is 479 g/mol. The Hall–Kier alpha value is -1.80. The van der Waals surface area contributed by atoms with Crippen LogP contribution in [-0.4, -0.2) is 47.8 Å². The van der Waals surface area contributed by atoms with Gasteiger partial charge in [-0.3, -0.25) is 14.4 Å². The molecule has 0 spiro atoms. The molecule has 1 aliphatic carbocycles. The zero-order valence-electron chi connectivity index (χ0n) is 16.7. The largest absolute Gasteiger partial charge is 0.389 e. The van der Waals surface area contributed by atoms with Crippen molar-refractivity contribution >= 4 is 40.8 Å². The Morgan fingerprint density at radius 1 is 1.10 bits per heavy atom. The highest BCUT2D eigenvalue weighted by atomic mass is 35.5. The molecule has 2 fully saturated rings. The van der Waals surface area contributed by atoms with E-state index in [1.807, 2.05) is 12.1 Å². The van der Waals surface area contributed by atoms with Gasteiger partial charge in [-0.05, 0) is 55.7 Å². The second-order valence-corrected chi connectivity index (χ2v) is 8.93. The molecule has 1 aromatic carbocycles. The summed E-state index contributed by atoms with van der Waals surface area (Å²) in [6.07, 6.45) is -2.59. The maximum absolute atomic E-state index is 12.6. The minimum absolute atomic E-state index is 0.117. The fraction of sp³-hybridized carbons (Fsp3) is 0.571. The van der Waals surface area contributed by atoms with Crippen LogP contribution < -0.4 is 5.32 Å². The number of likely N-dealkylation sites (tertiary alicyclic amines) is 1. The molecule has 2 amide bonds. The van der Waals surface area contributed by atoms with Crippen molar-refractivity contribution < 1.29 is 27.6 Å². The van der Waals surface area contributed by atoms with Crippen LogP contribution in [0.4, 0.5) is 13.2 Å². The van der Waals surface area contributed by atoms with Crippen LogP contribution in [0.3, 0.4) is 0 Å². The van der Waals surface area contributed by atoms with Gasteiger partial charge in [-0.1, -0.05) is 29.3 Å². The van der Waals surface area contributed by atoms with Crippen LogP contribution in [0.1, 0.15) is 50.0 Å². The molecule has 5 nitrogen and oxygen atoms in total. The number of halogens is 5. The quantitative estimate of drug-likeness (QED) is 0.483. The molecule has 0 radical (unpaired) electrons. The lowest BCUT2D eigenvalue weighted by molar-refractivity contribution is -0.144. The molecule has 1 aliphatic heterocycles. The first-order valence-corrected chi connectivity index (χ1v) is 11.0. The summed E-state index contributed by atoms with van der Waals surface area (Å²) in [6.45, 7) is -0.359. The molecule has 1 N–H and O–H groups in total. The van der Waals surface area contributed by atoms with E-state index in [2.05, 4.69) is 5.32 Å². The first kappa shape index (κ1) is 23.9. The molecule has 1 aromatic rings. The molecule has 31 heavy (non-hydrogen) atoms. The molecule has 1 heterocycles. The minimum Gasteiger partial charge on any atom is -0.353 e. The summed E-state index contributed by atoms with van der Waals surface area (Å²) in [7, 11) is 0. The predicted molar refractivity (Wildman–Crippen MR) is 110 cm³/mol. The molecule has 170 valence electrons. The van der Waals surface area contributed by atoms with Crippen LogP contribution in [0.5, 0.6) is 0 Å². The molecule has 1 saturated carbocycles. The number of carbonyl (C=O) groups is 3. The van der Waals surface area contributed by atoms with E-state index in [4.69, 9.17) is 23.2 Å². The maximum Gasteiger partial charge on any atom is 0.389 e. The Balaban J connectivity index is 1.48. The van der Waals surface area contributed by atoms with Crippen molar-refractivity contribution in [2.45, 2.75) is 56.7 Å². The van der Waals surface area contributed by atoms with Crippen molar-refractivity contribution in [3.05, 3.63) is 33.8 Å². The summed E-state index contributed by atoms with van der Waals surface area (Å²) < 4.78 is 36.9. The number of Topliss-reactive ketones (excluding diaryl/α,β-unsaturated/α-hetero) is 1. The third kappa shape index (κ3) is 6.13. The summed E-state index contributed by atoms with van der Waals surface area (Å²) in [5.74, 6) is -3.14. The van der Waals surface area contributed by atoms with Crippen LogP contribution in [0, 0.1) is 5.92 Å². The van der Waals surface area contributed by atoms with Gasteiger partial charge in [-0.15, -0.1) is 0 Å². The lowest BCUT2D eigenvalue weighted by atomic mass is 9.81. The minimum atomic E-state index is -4.32. The lowest BCUT2D eigenvalue weighted by Gasteiger charge is -2.30. The van der Waals surface area contributed by atoms with Gasteiger partial charge < -0.3 is 10.2 Å². The number of ketones is 1. The van der Waals surface area contributed by atoms with Crippen LogP contribution >= 0.6 is 23.2 Å². The fourth-order valence-electron chi connectivity index (χ4n) is 4.20. The van der Waals surface area contributed by atoms with E-state index in [0.717, 1.165) is 23.3 Å². The van der Waals surface area contributed by atoms with Gasteiger partial charge in [0.25, 0.3) is 5.91 Å². The smallest absolute Gasteiger partial charge is 0.353 e. The summed E-state index contributed by atoms with van der Waals surface area (Å²) in [6, 6.07) is 5.43. The summed E-state index contributed by atoms with van der Waals surface area (Å²) >= 11 is 12.0. The van der Waals surface area contributed by atoms with Crippen molar-refractivity contribution in [1.29, 1.82) is 0 Å². The number of alkyl halides is 3. The number of benzene rings is 1. The Bertz CT molecular complexity index is 855. The highest BCUT2D eigenvalue weighted by molar-refractivity contribution is 6.42. The van der Waals surface area contributed by atoms with Crippen molar-refractivity contribution in [1.82, 2.24) is 10.2 Å². The Morgan fingerprint density at radius 2 is 1.77 bits per heavy atom. The molecule has 3 rings (SSSR count). The Morgan fingerprint density at radius 3 is 2.39 bits per heavy atom. The van der Waals surface area contributed by atoms with E-state index in [1.54, 1.807) is 6.07 Å². The van der Waals surface area contributed by atoms with Gasteiger partial charge in [0.1, 0.15) is 5.92 Å². The number of hydrogen-bond acceptors (Lipinski definition) is 3. The molecule has 1 atom stereocenters. The lowest BCUT2D eigenvalue weighted by Crippen LogP contribution is -2.43. The first-order valence-electron chi connectivity index (χ1n) is 10.2. The summed E-state index contributed by atoms with van der Waals surface area (Å²) in [5.41, 5.74) is 1.09. The molecule has 2 aliphatic rings. The summed E-state index contributed by atoms with van der Waals surface area (Å²) in [4.78, 5) is 37.8. The van der Waals surface area contributed by atoms with Crippen molar-refractivity contribution in [3.8, 4) is 0 Å². The Kier molecular flexibility index (Phi) is 7.52. The SMILES string of the molecule is O=C(NC1CCC(c2ccc(Cl)c(Cl)c2)CC1)C1CN(CCCC(F)(F)F)C(=O)C1=O. The number of nitrogens with one attached hydrogen (secondary N) is 1.